The van der Waals surface area contributed by atoms with Gasteiger partial charge in [-0.3, -0.25) is 4.98 Å². The van der Waals surface area contributed by atoms with E-state index >= 15 is 0 Å². The Hall–Kier alpha value is -3.64. The average Bonchev–Trinajstić information content (AvgIpc) is 3.34. The third-order valence-corrected chi connectivity index (χ3v) is 7.31. The molecular weight excluding hydrogens is 462 g/mol. The molecule has 1 aliphatic heterocycles. The molecule has 2 aromatic carbocycles. The van der Waals surface area contributed by atoms with E-state index in [0.29, 0.717) is 5.11 Å². The smallest absolute Gasteiger partial charge is 0.174 e. The maximum absolute atomic E-state index is 5.94. The molecule has 2 aromatic heterocycles. The highest BCUT2D eigenvalue weighted by molar-refractivity contribution is 7.80. The monoisotopic (exact) mass is 495 g/mol. The van der Waals surface area contributed by atoms with E-state index in [0.717, 1.165) is 17.1 Å². The Morgan fingerprint density at radius 1 is 0.861 bits per heavy atom. The first-order valence-electron chi connectivity index (χ1n) is 12.3. The zero-order valence-electron chi connectivity index (χ0n) is 21.8. The van der Waals surface area contributed by atoms with Crippen LogP contribution in [-0.2, 0) is 0 Å². The first-order chi connectivity index (χ1) is 17.2. The summed E-state index contributed by atoms with van der Waals surface area (Å²) in [6.07, 6.45) is 1.85. The highest BCUT2D eigenvalue weighted by Gasteiger charge is 2.42. The van der Waals surface area contributed by atoms with Crippen molar-refractivity contribution in [2.75, 3.05) is 23.9 Å². The van der Waals surface area contributed by atoms with E-state index in [4.69, 9.17) is 17.2 Å². The van der Waals surface area contributed by atoms with Crippen molar-refractivity contribution in [3.63, 3.8) is 0 Å². The second-order valence-corrected chi connectivity index (χ2v) is 10.3. The van der Waals surface area contributed by atoms with Gasteiger partial charge in [0.05, 0.1) is 17.8 Å². The molecule has 4 aromatic rings. The van der Waals surface area contributed by atoms with Crippen LogP contribution in [0.1, 0.15) is 45.9 Å². The van der Waals surface area contributed by atoms with Crippen molar-refractivity contribution in [2.24, 2.45) is 0 Å². The minimum absolute atomic E-state index is 0.0385. The quantitative estimate of drug-likeness (QED) is 0.327. The van der Waals surface area contributed by atoms with E-state index in [-0.39, 0.29) is 12.1 Å². The number of benzene rings is 2. The molecule has 6 heteroatoms. The fourth-order valence-electron chi connectivity index (χ4n) is 5.42. The molecule has 1 saturated heterocycles. The molecule has 0 aliphatic carbocycles. The van der Waals surface area contributed by atoms with Crippen molar-refractivity contribution >= 4 is 28.7 Å². The van der Waals surface area contributed by atoms with Gasteiger partial charge in [-0.15, -0.1) is 0 Å². The molecule has 36 heavy (non-hydrogen) atoms. The Kier molecular flexibility index (Phi) is 6.31. The third-order valence-electron chi connectivity index (χ3n) is 7.00. The minimum Gasteiger partial charge on any atom is -0.378 e. The number of rotatable bonds is 5. The number of aromatic nitrogens is 2. The Balaban J connectivity index is 1.67. The summed E-state index contributed by atoms with van der Waals surface area (Å²) in [5, 5.41) is 4.31. The van der Waals surface area contributed by atoms with Crippen LogP contribution >= 0.6 is 12.2 Å². The standard InChI is InChI=1S/C30H33N5S/c1-19-15-20(2)17-25(16-19)34-21(3)18-26(22(34)4)29-28(27-9-7-8-14-31-27)32-30(36)35(29)24-12-10-23(11-13-24)33(5)6/h7-18,28-29H,1-6H3,(H,32,36)/t28-,29+/m1/s1. The van der Waals surface area contributed by atoms with Crippen LogP contribution < -0.4 is 15.1 Å². The topological polar surface area (TPSA) is 36.3 Å². The molecule has 0 amide bonds. The fraction of sp³-hybridized carbons (Fsp3) is 0.267. The van der Waals surface area contributed by atoms with E-state index < -0.39 is 0 Å². The first-order valence-corrected chi connectivity index (χ1v) is 12.7. The molecule has 3 heterocycles. The highest BCUT2D eigenvalue weighted by atomic mass is 32.1. The maximum atomic E-state index is 5.94. The molecule has 5 rings (SSSR count). The number of nitrogens with zero attached hydrogens (tertiary/aromatic N) is 4. The molecule has 0 unspecified atom stereocenters. The number of hydrogen-bond donors (Lipinski definition) is 1. The lowest BCUT2D eigenvalue weighted by atomic mass is 9.96. The maximum Gasteiger partial charge on any atom is 0.174 e. The van der Waals surface area contributed by atoms with Gasteiger partial charge >= 0.3 is 0 Å². The highest BCUT2D eigenvalue weighted by Crippen LogP contribution is 2.44. The lowest BCUT2D eigenvalue weighted by Gasteiger charge is -2.28. The molecule has 0 spiro atoms. The van der Waals surface area contributed by atoms with Crippen molar-refractivity contribution in [3.8, 4) is 5.69 Å². The molecule has 0 radical (unpaired) electrons. The molecule has 0 bridgehead atoms. The lowest BCUT2D eigenvalue weighted by molar-refractivity contribution is 0.565. The largest absolute Gasteiger partial charge is 0.378 e. The van der Waals surface area contributed by atoms with Gasteiger partial charge in [-0.05, 0) is 111 Å². The number of pyridine rings is 1. The van der Waals surface area contributed by atoms with Gasteiger partial charge in [0.25, 0.3) is 0 Å². The molecule has 1 fully saturated rings. The summed E-state index contributed by atoms with van der Waals surface area (Å²) in [6.45, 7) is 8.70. The molecule has 1 N–H and O–H groups in total. The number of nitrogens with one attached hydrogen (secondary N) is 1. The van der Waals surface area contributed by atoms with Gasteiger partial charge in [0, 0.05) is 48.7 Å². The van der Waals surface area contributed by atoms with Crippen molar-refractivity contribution in [3.05, 3.63) is 107 Å². The summed E-state index contributed by atoms with van der Waals surface area (Å²) in [5.41, 5.74) is 10.6. The van der Waals surface area contributed by atoms with Crippen LogP contribution in [0.25, 0.3) is 5.69 Å². The van der Waals surface area contributed by atoms with Gasteiger partial charge in [-0.25, -0.2) is 0 Å². The summed E-state index contributed by atoms with van der Waals surface area (Å²) in [6, 6.07) is 23.6. The zero-order chi connectivity index (χ0) is 25.6. The Bertz CT molecular complexity index is 1390. The fourth-order valence-corrected chi connectivity index (χ4v) is 5.77. The Morgan fingerprint density at radius 2 is 1.56 bits per heavy atom. The normalized spacial score (nSPS) is 17.4. The van der Waals surface area contributed by atoms with Crippen LogP contribution in [0.15, 0.2) is 72.9 Å². The van der Waals surface area contributed by atoms with E-state index in [2.05, 4.69) is 116 Å². The van der Waals surface area contributed by atoms with Gasteiger partial charge in [-0.1, -0.05) is 12.1 Å². The number of anilines is 2. The summed E-state index contributed by atoms with van der Waals surface area (Å²) in [4.78, 5) is 9.07. The van der Waals surface area contributed by atoms with Gasteiger partial charge in [0.1, 0.15) is 0 Å². The van der Waals surface area contributed by atoms with Crippen molar-refractivity contribution in [1.82, 2.24) is 14.9 Å². The first kappa shape index (κ1) is 24.1. The van der Waals surface area contributed by atoms with Crippen LogP contribution in [0.5, 0.6) is 0 Å². The molecule has 0 saturated carbocycles. The second kappa shape index (κ2) is 9.43. The predicted octanol–water partition coefficient (Wildman–Crippen LogP) is 6.35. The van der Waals surface area contributed by atoms with Crippen molar-refractivity contribution in [1.29, 1.82) is 0 Å². The van der Waals surface area contributed by atoms with Crippen LogP contribution in [0.2, 0.25) is 0 Å². The third kappa shape index (κ3) is 4.26. The number of aryl methyl sites for hydroxylation is 3. The Labute approximate surface area is 219 Å². The van der Waals surface area contributed by atoms with E-state index in [1.54, 1.807) is 0 Å². The molecular formula is C30H33N5S. The van der Waals surface area contributed by atoms with Gasteiger partial charge < -0.3 is 19.7 Å². The van der Waals surface area contributed by atoms with Crippen LogP contribution in [0.3, 0.4) is 0 Å². The summed E-state index contributed by atoms with van der Waals surface area (Å²) in [7, 11) is 4.11. The summed E-state index contributed by atoms with van der Waals surface area (Å²) >= 11 is 5.94. The summed E-state index contributed by atoms with van der Waals surface area (Å²) < 4.78 is 2.36. The number of thiocarbonyl (C=S) groups is 1. The Morgan fingerprint density at radius 3 is 2.17 bits per heavy atom. The SMILES string of the molecule is Cc1cc(C)cc(-n2c(C)cc([C@H]3[C@@H](c4ccccn4)NC(=S)N3c3ccc(N(C)C)cc3)c2C)c1. The predicted molar refractivity (Wildman–Crippen MR) is 153 cm³/mol. The minimum atomic E-state index is -0.0691. The molecule has 2 atom stereocenters. The summed E-state index contributed by atoms with van der Waals surface area (Å²) in [5.74, 6) is 0. The zero-order valence-corrected chi connectivity index (χ0v) is 22.6. The van der Waals surface area contributed by atoms with Crippen LogP contribution in [-0.4, -0.2) is 28.8 Å². The molecule has 184 valence electrons. The lowest BCUT2D eigenvalue weighted by Crippen LogP contribution is -2.29. The van der Waals surface area contributed by atoms with Gasteiger partial charge in [-0.2, -0.15) is 0 Å². The van der Waals surface area contributed by atoms with Gasteiger partial charge in [0.15, 0.2) is 5.11 Å². The van der Waals surface area contributed by atoms with E-state index in [1.165, 1.54) is 33.8 Å². The second-order valence-electron chi connectivity index (χ2n) is 9.92. The number of hydrogen-bond acceptors (Lipinski definition) is 3. The molecule has 1 aliphatic rings. The van der Waals surface area contributed by atoms with Crippen LogP contribution in [0.4, 0.5) is 11.4 Å². The van der Waals surface area contributed by atoms with Gasteiger partial charge in [0.2, 0.25) is 0 Å². The van der Waals surface area contributed by atoms with Crippen molar-refractivity contribution in [2.45, 2.75) is 39.8 Å². The van der Waals surface area contributed by atoms with E-state index in [9.17, 15) is 0 Å². The van der Waals surface area contributed by atoms with Crippen LogP contribution in [0, 0.1) is 27.7 Å². The molecule has 5 nitrogen and oxygen atoms in total. The van der Waals surface area contributed by atoms with E-state index in [1.807, 2.05) is 18.3 Å². The van der Waals surface area contributed by atoms with Crippen molar-refractivity contribution < 1.29 is 0 Å². The average molecular weight is 496 g/mol.